The van der Waals surface area contributed by atoms with Gasteiger partial charge in [0.15, 0.2) is 17.5 Å². The normalized spacial score (nSPS) is 13.4. The monoisotopic (exact) mass is 755 g/mol. The van der Waals surface area contributed by atoms with Crippen LogP contribution < -0.4 is 5.19 Å². The molecule has 0 spiro atoms. The molecule has 0 saturated heterocycles. The van der Waals surface area contributed by atoms with Gasteiger partial charge in [-0.1, -0.05) is 167 Å². The highest BCUT2D eigenvalue weighted by Gasteiger charge is 2.35. The van der Waals surface area contributed by atoms with Crippen molar-refractivity contribution in [1.82, 2.24) is 15.0 Å². The Balaban J connectivity index is 1.11. The lowest BCUT2D eigenvalue weighted by atomic mass is 9.81. The third-order valence-electron chi connectivity index (χ3n) is 13.0. The first-order chi connectivity index (χ1) is 27.8. The topological polar surface area (TPSA) is 51.8 Å². The highest BCUT2D eigenvalue weighted by Crippen LogP contribution is 2.49. The Labute approximate surface area is 335 Å². The SMILES string of the molecule is CC[Si](CC)(CC)c1cccc(-c2nc(-c3cccc(-c4ccc5c(c4)C(C)(C)c4ccccc4-5)c3)nc(-c3ccc4c(c3)oc3cc5ccccc5cc34)n2)c1. The van der Waals surface area contributed by atoms with E-state index in [-0.39, 0.29) is 5.41 Å². The molecule has 1 aliphatic carbocycles. The maximum atomic E-state index is 6.51. The van der Waals surface area contributed by atoms with Crippen LogP contribution in [0.2, 0.25) is 18.1 Å². The maximum Gasteiger partial charge on any atom is 0.164 e. The summed E-state index contributed by atoms with van der Waals surface area (Å²) in [6.07, 6.45) is 0. The number of rotatable bonds is 8. The molecule has 2 aromatic heterocycles. The molecule has 10 rings (SSSR count). The van der Waals surface area contributed by atoms with Gasteiger partial charge in [0.25, 0.3) is 0 Å². The second kappa shape index (κ2) is 13.5. The summed E-state index contributed by atoms with van der Waals surface area (Å²) in [6.45, 7) is 11.7. The van der Waals surface area contributed by atoms with E-state index in [4.69, 9.17) is 19.4 Å². The van der Waals surface area contributed by atoms with Crippen LogP contribution in [0, 0.1) is 0 Å². The van der Waals surface area contributed by atoms with E-state index >= 15 is 0 Å². The average molecular weight is 756 g/mol. The second-order valence-corrected chi connectivity index (χ2v) is 21.5. The first kappa shape index (κ1) is 35.3. The Morgan fingerprint density at radius 2 is 1.02 bits per heavy atom. The fraction of sp³-hybridized carbons (Fsp3) is 0.173. The van der Waals surface area contributed by atoms with Crippen molar-refractivity contribution in [3.8, 4) is 56.4 Å². The Hall–Kier alpha value is -6.17. The van der Waals surface area contributed by atoms with Crippen molar-refractivity contribution in [2.45, 2.75) is 58.2 Å². The third kappa shape index (κ3) is 5.75. The van der Waals surface area contributed by atoms with Crippen LogP contribution in [0.4, 0.5) is 0 Å². The predicted octanol–water partition coefficient (Wildman–Crippen LogP) is 13.6. The quantitative estimate of drug-likeness (QED) is 0.145. The number of hydrogen-bond acceptors (Lipinski definition) is 4. The van der Waals surface area contributed by atoms with Crippen molar-refractivity contribution < 1.29 is 4.42 Å². The first-order valence-corrected chi connectivity index (χ1v) is 23.0. The highest BCUT2D eigenvalue weighted by atomic mass is 28.3. The van der Waals surface area contributed by atoms with E-state index in [1.807, 2.05) is 0 Å². The first-order valence-electron chi connectivity index (χ1n) is 20.4. The van der Waals surface area contributed by atoms with Gasteiger partial charge in [-0.05, 0) is 80.6 Å². The molecule has 57 heavy (non-hydrogen) atoms. The van der Waals surface area contributed by atoms with Crippen molar-refractivity contribution >= 4 is 46.0 Å². The Bertz CT molecular complexity index is 3020. The molecule has 0 radical (unpaired) electrons. The van der Waals surface area contributed by atoms with Gasteiger partial charge in [-0.2, -0.15) is 0 Å². The molecule has 0 bridgehead atoms. The zero-order valence-electron chi connectivity index (χ0n) is 33.2. The van der Waals surface area contributed by atoms with Crippen molar-refractivity contribution in [2.75, 3.05) is 0 Å². The molecule has 4 nitrogen and oxygen atoms in total. The van der Waals surface area contributed by atoms with E-state index < -0.39 is 8.07 Å². The molecule has 0 N–H and O–H groups in total. The minimum Gasteiger partial charge on any atom is -0.456 e. The summed E-state index contributed by atoms with van der Waals surface area (Å²) in [5.41, 5.74) is 12.2. The van der Waals surface area contributed by atoms with E-state index in [2.05, 4.69) is 180 Å². The third-order valence-corrected chi connectivity index (χ3v) is 18.6. The van der Waals surface area contributed by atoms with Gasteiger partial charge in [0.05, 0.1) is 8.07 Å². The molecule has 7 aromatic carbocycles. The molecule has 1 aliphatic rings. The molecule has 0 aliphatic heterocycles. The number of aromatic nitrogens is 3. The zero-order chi connectivity index (χ0) is 38.9. The summed E-state index contributed by atoms with van der Waals surface area (Å²) in [5, 5.41) is 6.01. The van der Waals surface area contributed by atoms with Gasteiger partial charge in [0.1, 0.15) is 11.2 Å². The van der Waals surface area contributed by atoms with E-state index in [0.29, 0.717) is 17.5 Å². The fourth-order valence-electron chi connectivity index (χ4n) is 9.44. The molecule has 5 heteroatoms. The van der Waals surface area contributed by atoms with Gasteiger partial charge < -0.3 is 4.42 Å². The Morgan fingerprint density at radius 1 is 0.456 bits per heavy atom. The fourth-order valence-corrected chi connectivity index (χ4v) is 13.1. The van der Waals surface area contributed by atoms with Crippen LogP contribution in [-0.2, 0) is 5.41 Å². The molecule has 0 unspecified atom stereocenters. The molecule has 0 amide bonds. The lowest BCUT2D eigenvalue weighted by molar-refractivity contribution is 0.660. The molecular formula is C52H45N3OSi. The average Bonchev–Trinajstić information content (AvgIpc) is 3.73. The Morgan fingerprint density at radius 3 is 1.75 bits per heavy atom. The molecule has 0 atom stereocenters. The smallest absolute Gasteiger partial charge is 0.164 e. The lowest BCUT2D eigenvalue weighted by Gasteiger charge is -2.29. The van der Waals surface area contributed by atoms with E-state index in [9.17, 15) is 0 Å². The van der Waals surface area contributed by atoms with Crippen molar-refractivity contribution in [1.29, 1.82) is 0 Å². The van der Waals surface area contributed by atoms with Crippen molar-refractivity contribution in [2.24, 2.45) is 0 Å². The predicted molar refractivity (Wildman–Crippen MR) is 241 cm³/mol. The van der Waals surface area contributed by atoms with Crippen LogP contribution in [0.3, 0.4) is 0 Å². The number of furan rings is 1. The van der Waals surface area contributed by atoms with Crippen molar-refractivity contribution in [3.05, 3.63) is 157 Å². The summed E-state index contributed by atoms with van der Waals surface area (Å²) < 4.78 is 6.51. The van der Waals surface area contributed by atoms with E-state index in [1.54, 1.807) is 0 Å². The van der Waals surface area contributed by atoms with Gasteiger partial charge in [-0.3, -0.25) is 0 Å². The standard InChI is InChI=1S/C52H45N3OSi/c1-6-57(7-2,8-3)40-20-14-19-38(28-40)50-53-49(37-18-13-17-33(27-37)36-23-25-42-41-21-11-12-22-45(41)52(4,5)46(42)30-36)54-51(55-50)39-24-26-43-44-29-34-15-9-10-16-35(34)31-48(44)56-47(43)32-39/h9-32H,6-8H2,1-5H3. The van der Waals surface area contributed by atoms with Gasteiger partial charge in [-0.15, -0.1) is 0 Å². The summed E-state index contributed by atoms with van der Waals surface area (Å²) in [6, 6.07) is 56.2. The highest BCUT2D eigenvalue weighted by molar-refractivity contribution is 6.91. The van der Waals surface area contributed by atoms with Gasteiger partial charge in [0.2, 0.25) is 0 Å². The zero-order valence-corrected chi connectivity index (χ0v) is 34.2. The minimum atomic E-state index is -1.65. The minimum absolute atomic E-state index is 0.0751. The van der Waals surface area contributed by atoms with E-state index in [1.165, 1.54) is 56.5 Å². The van der Waals surface area contributed by atoms with Crippen LogP contribution in [0.25, 0.3) is 89.1 Å². The summed E-state index contributed by atoms with van der Waals surface area (Å²) >= 11 is 0. The van der Waals surface area contributed by atoms with Gasteiger partial charge >= 0.3 is 0 Å². The number of fused-ring (bicyclic) bond motifs is 7. The van der Waals surface area contributed by atoms with Crippen LogP contribution >= 0.6 is 0 Å². The molecular weight excluding hydrogens is 711 g/mol. The van der Waals surface area contributed by atoms with Crippen LogP contribution in [0.15, 0.2) is 150 Å². The maximum absolute atomic E-state index is 6.51. The lowest BCUT2D eigenvalue weighted by Crippen LogP contribution is -2.45. The molecule has 0 fully saturated rings. The van der Waals surface area contributed by atoms with Gasteiger partial charge in [0, 0.05) is 32.9 Å². The van der Waals surface area contributed by atoms with Gasteiger partial charge in [-0.25, -0.2) is 15.0 Å². The number of benzene rings is 7. The van der Waals surface area contributed by atoms with Crippen LogP contribution in [0.5, 0.6) is 0 Å². The van der Waals surface area contributed by atoms with Crippen molar-refractivity contribution in [3.63, 3.8) is 0 Å². The van der Waals surface area contributed by atoms with Crippen LogP contribution in [-0.4, -0.2) is 23.0 Å². The summed E-state index contributed by atoms with van der Waals surface area (Å²) in [4.78, 5) is 15.7. The van der Waals surface area contributed by atoms with Crippen LogP contribution in [0.1, 0.15) is 45.7 Å². The van der Waals surface area contributed by atoms with E-state index in [0.717, 1.165) is 49.6 Å². The molecule has 278 valence electrons. The molecule has 9 aromatic rings. The second-order valence-electron chi connectivity index (χ2n) is 16.2. The summed E-state index contributed by atoms with van der Waals surface area (Å²) in [5.74, 6) is 1.96. The summed E-state index contributed by atoms with van der Waals surface area (Å²) in [7, 11) is -1.65. The number of hydrogen-bond donors (Lipinski definition) is 0. The molecule has 0 saturated carbocycles. The number of nitrogens with zero attached hydrogens (tertiary/aromatic N) is 3. The largest absolute Gasteiger partial charge is 0.456 e. The molecule has 2 heterocycles. The Kier molecular flexibility index (Phi) is 8.35.